The standard InChI is InChI=1S/C25H30N2O2/c1-18-14-19(2)16-20(15-18)17-27-13-7-12-26-11-6-9-22(26)24(27)21-8-5-10-23(28-3)25(21)29-4/h5-6,8-11,14-16,24H,7,12-13,17H2,1-4H3/t24-/m1/s1. The van der Waals surface area contributed by atoms with Gasteiger partial charge < -0.3 is 14.0 Å². The number of benzene rings is 2. The molecule has 4 nitrogen and oxygen atoms in total. The second-order valence-electron chi connectivity index (χ2n) is 7.93. The first-order valence-electron chi connectivity index (χ1n) is 10.3. The lowest BCUT2D eigenvalue weighted by atomic mass is 9.98. The highest BCUT2D eigenvalue weighted by Gasteiger charge is 2.30. The van der Waals surface area contributed by atoms with Gasteiger partial charge in [-0.25, -0.2) is 0 Å². The van der Waals surface area contributed by atoms with Gasteiger partial charge in [-0.3, -0.25) is 4.90 Å². The number of hydrogen-bond donors (Lipinski definition) is 0. The number of ether oxygens (including phenoxy) is 2. The Morgan fingerprint density at radius 3 is 2.45 bits per heavy atom. The van der Waals surface area contributed by atoms with E-state index in [0.717, 1.165) is 43.1 Å². The van der Waals surface area contributed by atoms with Crippen LogP contribution in [0.15, 0.2) is 54.7 Å². The van der Waals surface area contributed by atoms with Crippen molar-refractivity contribution in [2.24, 2.45) is 0 Å². The molecule has 152 valence electrons. The topological polar surface area (TPSA) is 26.6 Å². The molecule has 1 aliphatic heterocycles. The lowest BCUT2D eigenvalue weighted by molar-refractivity contribution is 0.215. The number of rotatable bonds is 5. The fourth-order valence-corrected chi connectivity index (χ4v) is 4.69. The van der Waals surface area contributed by atoms with Crippen LogP contribution in [0.3, 0.4) is 0 Å². The van der Waals surface area contributed by atoms with Gasteiger partial charge in [0.25, 0.3) is 0 Å². The minimum absolute atomic E-state index is 0.110. The maximum absolute atomic E-state index is 5.83. The van der Waals surface area contributed by atoms with Crippen LogP contribution in [-0.4, -0.2) is 30.2 Å². The number of aromatic nitrogens is 1. The average Bonchev–Trinajstić information content (AvgIpc) is 3.08. The minimum Gasteiger partial charge on any atom is -0.493 e. The third-order valence-electron chi connectivity index (χ3n) is 5.75. The van der Waals surface area contributed by atoms with Crippen molar-refractivity contribution in [1.29, 1.82) is 0 Å². The van der Waals surface area contributed by atoms with Gasteiger partial charge in [-0.05, 0) is 44.0 Å². The van der Waals surface area contributed by atoms with Crippen molar-refractivity contribution in [3.63, 3.8) is 0 Å². The Morgan fingerprint density at radius 2 is 1.72 bits per heavy atom. The van der Waals surface area contributed by atoms with Gasteiger partial charge in [-0.2, -0.15) is 0 Å². The average molecular weight is 391 g/mol. The van der Waals surface area contributed by atoms with Crippen molar-refractivity contribution in [2.75, 3.05) is 20.8 Å². The normalized spacial score (nSPS) is 16.9. The molecule has 0 saturated carbocycles. The van der Waals surface area contributed by atoms with Gasteiger partial charge in [0.1, 0.15) is 0 Å². The molecule has 0 saturated heterocycles. The van der Waals surface area contributed by atoms with Crippen molar-refractivity contribution >= 4 is 0 Å². The van der Waals surface area contributed by atoms with E-state index >= 15 is 0 Å². The molecule has 0 spiro atoms. The van der Waals surface area contributed by atoms with Crippen LogP contribution >= 0.6 is 0 Å². The molecular formula is C25H30N2O2. The summed E-state index contributed by atoms with van der Waals surface area (Å²) < 4.78 is 13.8. The molecule has 3 aromatic rings. The van der Waals surface area contributed by atoms with Gasteiger partial charge in [-0.15, -0.1) is 0 Å². The second kappa shape index (κ2) is 8.34. The Hall–Kier alpha value is -2.72. The smallest absolute Gasteiger partial charge is 0.165 e. The molecule has 2 heterocycles. The van der Waals surface area contributed by atoms with E-state index in [4.69, 9.17) is 9.47 Å². The van der Waals surface area contributed by atoms with Crippen molar-refractivity contribution in [3.8, 4) is 11.5 Å². The maximum atomic E-state index is 5.83. The van der Waals surface area contributed by atoms with Crippen molar-refractivity contribution in [2.45, 2.75) is 39.4 Å². The van der Waals surface area contributed by atoms with Crippen LogP contribution < -0.4 is 9.47 Å². The van der Waals surface area contributed by atoms with Crippen LogP contribution in [0.4, 0.5) is 0 Å². The predicted octanol–water partition coefficient (Wildman–Crippen LogP) is 5.12. The zero-order valence-electron chi connectivity index (χ0n) is 17.8. The minimum atomic E-state index is 0.110. The highest BCUT2D eigenvalue weighted by Crippen LogP contribution is 2.41. The van der Waals surface area contributed by atoms with Crippen LogP contribution in [0.2, 0.25) is 0 Å². The predicted molar refractivity (Wildman–Crippen MR) is 117 cm³/mol. The van der Waals surface area contributed by atoms with Gasteiger partial charge in [0, 0.05) is 37.1 Å². The maximum Gasteiger partial charge on any atom is 0.165 e. The first kappa shape index (κ1) is 19.6. The summed E-state index contributed by atoms with van der Waals surface area (Å²) in [4.78, 5) is 2.57. The lowest BCUT2D eigenvalue weighted by Gasteiger charge is -2.32. The van der Waals surface area contributed by atoms with E-state index in [0.29, 0.717) is 0 Å². The Balaban J connectivity index is 1.82. The van der Waals surface area contributed by atoms with Crippen molar-refractivity contribution in [3.05, 3.63) is 82.7 Å². The highest BCUT2D eigenvalue weighted by atomic mass is 16.5. The molecule has 2 aromatic carbocycles. The molecule has 0 amide bonds. The van der Waals surface area contributed by atoms with Gasteiger partial charge in [0.2, 0.25) is 0 Å². The first-order chi connectivity index (χ1) is 14.1. The molecule has 29 heavy (non-hydrogen) atoms. The van der Waals surface area contributed by atoms with E-state index in [1.165, 1.54) is 22.4 Å². The van der Waals surface area contributed by atoms with Crippen LogP contribution in [-0.2, 0) is 13.1 Å². The molecule has 0 fully saturated rings. The SMILES string of the molecule is COc1cccc([C@@H]2c3cccn3CCCN2Cc2cc(C)cc(C)c2)c1OC. The van der Waals surface area contributed by atoms with Crippen LogP contribution in [0.25, 0.3) is 0 Å². The number of aryl methyl sites for hydroxylation is 3. The highest BCUT2D eigenvalue weighted by molar-refractivity contribution is 5.50. The molecule has 1 aromatic heterocycles. The Morgan fingerprint density at radius 1 is 0.931 bits per heavy atom. The molecule has 0 aliphatic carbocycles. The fourth-order valence-electron chi connectivity index (χ4n) is 4.69. The molecule has 0 unspecified atom stereocenters. The van der Waals surface area contributed by atoms with Gasteiger partial charge >= 0.3 is 0 Å². The quantitative estimate of drug-likeness (QED) is 0.605. The number of para-hydroxylation sites is 1. The molecule has 0 N–H and O–H groups in total. The molecule has 1 aliphatic rings. The summed E-state index contributed by atoms with van der Waals surface area (Å²) in [6.45, 7) is 7.31. The second-order valence-corrected chi connectivity index (χ2v) is 7.93. The van der Waals surface area contributed by atoms with Gasteiger partial charge in [0.05, 0.1) is 20.3 Å². The zero-order chi connectivity index (χ0) is 20.4. The van der Waals surface area contributed by atoms with Crippen LogP contribution in [0.5, 0.6) is 11.5 Å². The van der Waals surface area contributed by atoms with E-state index in [-0.39, 0.29) is 6.04 Å². The third-order valence-corrected chi connectivity index (χ3v) is 5.75. The largest absolute Gasteiger partial charge is 0.493 e. The van der Waals surface area contributed by atoms with Crippen molar-refractivity contribution in [1.82, 2.24) is 9.47 Å². The van der Waals surface area contributed by atoms with Gasteiger partial charge in [0.15, 0.2) is 11.5 Å². The zero-order valence-corrected chi connectivity index (χ0v) is 17.8. The molecular weight excluding hydrogens is 360 g/mol. The molecule has 4 rings (SSSR count). The first-order valence-corrected chi connectivity index (χ1v) is 10.3. The molecule has 0 bridgehead atoms. The van der Waals surface area contributed by atoms with E-state index in [2.05, 4.69) is 72.0 Å². The van der Waals surface area contributed by atoms with Crippen LogP contribution in [0, 0.1) is 13.8 Å². The Kier molecular flexibility index (Phi) is 5.63. The number of nitrogens with zero attached hydrogens (tertiary/aromatic N) is 2. The van der Waals surface area contributed by atoms with E-state index in [1.54, 1.807) is 14.2 Å². The number of fused-ring (bicyclic) bond motifs is 1. The number of hydrogen-bond acceptors (Lipinski definition) is 3. The van der Waals surface area contributed by atoms with E-state index in [9.17, 15) is 0 Å². The fraction of sp³-hybridized carbons (Fsp3) is 0.360. The third kappa shape index (κ3) is 3.90. The summed E-state index contributed by atoms with van der Waals surface area (Å²) >= 11 is 0. The van der Waals surface area contributed by atoms with E-state index in [1.807, 2.05) is 6.07 Å². The summed E-state index contributed by atoms with van der Waals surface area (Å²) in [5, 5.41) is 0. The van der Waals surface area contributed by atoms with Crippen LogP contribution in [0.1, 0.15) is 40.4 Å². The summed E-state index contributed by atoms with van der Waals surface area (Å²) in [6, 6.07) is 17.5. The molecule has 1 atom stereocenters. The summed E-state index contributed by atoms with van der Waals surface area (Å²) in [7, 11) is 3.43. The molecule has 4 heteroatoms. The van der Waals surface area contributed by atoms with Crippen molar-refractivity contribution < 1.29 is 9.47 Å². The summed E-state index contributed by atoms with van der Waals surface area (Å²) in [5.74, 6) is 1.60. The summed E-state index contributed by atoms with van der Waals surface area (Å²) in [6.07, 6.45) is 3.31. The number of methoxy groups -OCH3 is 2. The monoisotopic (exact) mass is 390 g/mol. The van der Waals surface area contributed by atoms with Gasteiger partial charge in [-0.1, -0.05) is 41.5 Å². The molecule has 0 radical (unpaired) electrons. The van der Waals surface area contributed by atoms with E-state index < -0.39 is 0 Å². The Bertz CT molecular complexity index is 972. The Labute approximate surface area is 173 Å². The lowest BCUT2D eigenvalue weighted by Crippen LogP contribution is -2.30. The summed E-state index contributed by atoms with van der Waals surface area (Å²) in [5.41, 5.74) is 6.44.